The largest absolute Gasteiger partial charge is 1.00 e. The molecular weight excluding hydrogens is 314 g/mol. The standard InChI is InChI=1S/C12H16N2O4.2K.2H/c15-11(16)8-14-6-5-13-7-9-1-3-10(4-2-9)12(17)18;;;;/h1-4,13-14H,5-8H2,(H,15,16)(H,17,18);;;;/q;2*+1;2*-1. The number of nitrogens with one attached hydrogen (secondary N) is 2. The van der Waals surface area contributed by atoms with Crippen LogP contribution >= 0.6 is 0 Å². The van der Waals surface area contributed by atoms with Gasteiger partial charge in [-0.15, -0.1) is 0 Å². The summed E-state index contributed by atoms with van der Waals surface area (Å²) in [6, 6.07) is 6.62. The average molecular weight is 332 g/mol. The van der Waals surface area contributed by atoms with Crippen LogP contribution in [-0.2, 0) is 11.3 Å². The van der Waals surface area contributed by atoms with Gasteiger partial charge in [-0.05, 0) is 17.7 Å². The Morgan fingerprint density at radius 2 is 1.55 bits per heavy atom. The third kappa shape index (κ3) is 11.0. The second-order valence-corrected chi connectivity index (χ2v) is 3.75. The number of aromatic carboxylic acids is 1. The maximum atomic E-state index is 10.6. The van der Waals surface area contributed by atoms with Gasteiger partial charge in [-0.2, -0.15) is 0 Å². The zero-order valence-electron chi connectivity index (χ0n) is 13.8. The monoisotopic (exact) mass is 332 g/mol. The molecule has 0 aromatic heterocycles. The van der Waals surface area contributed by atoms with E-state index in [-0.39, 0.29) is 118 Å². The van der Waals surface area contributed by atoms with E-state index >= 15 is 0 Å². The molecule has 4 N–H and O–H groups in total. The van der Waals surface area contributed by atoms with Crippen LogP contribution in [0.5, 0.6) is 0 Å². The second kappa shape index (κ2) is 14.0. The van der Waals surface area contributed by atoms with Gasteiger partial charge in [0.25, 0.3) is 0 Å². The number of aliphatic carboxylic acids is 1. The van der Waals surface area contributed by atoms with Crippen molar-refractivity contribution in [2.45, 2.75) is 6.54 Å². The zero-order chi connectivity index (χ0) is 13.4. The molecule has 0 atom stereocenters. The Balaban J connectivity index is -0.000000405. The van der Waals surface area contributed by atoms with Crippen LogP contribution in [0.3, 0.4) is 0 Å². The summed E-state index contributed by atoms with van der Waals surface area (Å²) in [6.07, 6.45) is 0. The van der Waals surface area contributed by atoms with E-state index in [1.807, 2.05) is 0 Å². The molecule has 0 radical (unpaired) electrons. The smallest absolute Gasteiger partial charge is 1.00 e. The number of benzene rings is 1. The van der Waals surface area contributed by atoms with Gasteiger partial charge in [0.15, 0.2) is 0 Å². The molecule has 0 amide bonds. The van der Waals surface area contributed by atoms with E-state index in [0.29, 0.717) is 19.6 Å². The molecule has 0 saturated heterocycles. The van der Waals surface area contributed by atoms with Crippen LogP contribution in [0.15, 0.2) is 24.3 Å². The second-order valence-electron chi connectivity index (χ2n) is 3.75. The minimum atomic E-state index is -0.938. The molecule has 0 heterocycles. The summed E-state index contributed by atoms with van der Waals surface area (Å²) in [5.41, 5.74) is 1.25. The molecule has 0 aliphatic heterocycles. The normalized spacial score (nSPS) is 9.20. The van der Waals surface area contributed by atoms with Crippen LogP contribution < -0.4 is 113 Å². The maximum Gasteiger partial charge on any atom is 1.00 e. The van der Waals surface area contributed by atoms with E-state index in [0.717, 1.165) is 5.56 Å². The zero-order valence-corrected chi connectivity index (χ0v) is 18.1. The van der Waals surface area contributed by atoms with E-state index in [4.69, 9.17) is 10.2 Å². The first kappa shape index (κ1) is 23.6. The van der Waals surface area contributed by atoms with Crippen LogP contribution in [0.2, 0.25) is 0 Å². The average Bonchev–Trinajstić information content (AvgIpc) is 2.34. The Morgan fingerprint density at radius 3 is 2.05 bits per heavy atom. The molecule has 20 heavy (non-hydrogen) atoms. The van der Waals surface area contributed by atoms with Gasteiger partial charge in [-0.3, -0.25) is 4.79 Å². The summed E-state index contributed by atoms with van der Waals surface area (Å²) in [5, 5.41) is 23.0. The van der Waals surface area contributed by atoms with E-state index < -0.39 is 11.9 Å². The minimum Gasteiger partial charge on any atom is -1.00 e. The maximum absolute atomic E-state index is 10.6. The Hall–Kier alpha value is 1.35. The molecular formula is C12H18K2N2O4. The first-order valence-corrected chi connectivity index (χ1v) is 5.55. The van der Waals surface area contributed by atoms with Gasteiger partial charge in [0.05, 0.1) is 12.1 Å². The molecule has 102 valence electrons. The predicted molar refractivity (Wildman–Crippen MR) is 67.8 cm³/mol. The SMILES string of the molecule is O=C(O)CNCCNCc1ccc(C(=O)O)cc1.[H-].[H-].[K+].[K+]. The summed E-state index contributed by atoms with van der Waals surface area (Å²) in [4.78, 5) is 20.8. The summed E-state index contributed by atoms with van der Waals surface area (Å²) < 4.78 is 0. The van der Waals surface area contributed by atoms with Crippen LogP contribution in [0, 0.1) is 0 Å². The van der Waals surface area contributed by atoms with E-state index in [2.05, 4.69) is 10.6 Å². The number of rotatable bonds is 8. The number of carboxylic acids is 2. The molecule has 0 bridgehead atoms. The van der Waals surface area contributed by atoms with Crippen molar-refractivity contribution in [1.82, 2.24) is 10.6 Å². The molecule has 0 aliphatic carbocycles. The van der Waals surface area contributed by atoms with E-state index in [9.17, 15) is 9.59 Å². The van der Waals surface area contributed by atoms with Gasteiger partial charge < -0.3 is 23.7 Å². The van der Waals surface area contributed by atoms with Gasteiger partial charge in [0.2, 0.25) is 0 Å². The molecule has 0 saturated carbocycles. The third-order valence-corrected chi connectivity index (χ3v) is 2.28. The van der Waals surface area contributed by atoms with Crippen molar-refractivity contribution < 1.29 is 125 Å². The predicted octanol–water partition coefficient (Wildman–Crippen LogP) is -5.62. The molecule has 1 rings (SSSR count). The number of carboxylic acid groups (broad SMARTS) is 2. The molecule has 8 heteroatoms. The third-order valence-electron chi connectivity index (χ3n) is 2.28. The molecule has 1 aromatic carbocycles. The molecule has 0 spiro atoms. The van der Waals surface area contributed by atoms with Crippen molar-refractivity contribution in [3.8, 4) is 0 Å². The fourth-order valence-electron chi connectivity index (χ4n) is 1.37. The van der Waals surface area contributed by atoms with Crippen molar-refractivity contribution in [1.29, 1.82) is 0 Å². The van der Waals surface area contributed by atoms with Gasteiger partial charge in [0.1, 0.15) is 0 Å². The first-order chi connectivity index (χ1) is 8.59. The number of hydrogen-bond acceptors (Lipinski definition) is 4. The minimum absolute atomic E-state index is 0. The Bertz CT molecular complexity index is 422. The van der Waals surface area contributed by atoms with Crippen molar-refractivity contribution in [2.24, 2.45) is 0 Å². The number of hydrogen-bond donors (Lipinski definition) is 4. The molecule has 0 fully saturated rings. The fourth-order valence-corrected chi connectivity index (χ4v) is 1.37. The molecule has 6 nitrogen and oxygen atoms in total. The Morgan fingerprint density at radius 1 is 1.00 bits per heavy atom. The van der Waals surface area contributed by atoms with Gasteiger partial charge in [-0.1, -0.05) is 12.1 Å². The van der Waals surface area contributed by atoms with Crippen LogP contribution in [-0.4, -0.2) is 41.8 Å². The van der Waals surface area contributed by atoms with E-state index in [1.54, 1.807) is 24.3 Å². The topological polar surface area (TPSA) is 98.7 Å². The Kier molecular flexibility index (Phi) is 16.5. The summed E-state index contributed by atoms with van der Waals surface area (Å²) in [6.45, 7) is 1.79. The molecule has 1 aromatic rings. The molecule has 0 unspecified atom stereocenters. The fraction of sp³-hybridized carbons (Fsp3) is 0.333. The number of carbonyl (C=O) groups is 2. The van der Waals surface area contributed by atoms with E-state index in [1.165, 1.54) is 0 Å². The van der Waals surface area contributed by atoms with Crippen LogP contribution in [0.1, 0.15) is 18.8 Å². The Labute approximate surface area is 205 Å². The van der Waals surface area contributed by atoms with Crippen molar-refractivity contribution in [2.75, 3.05) is 19.6 Å². The van der Waals surface area contributed by atoms with Crippen LogP contribution in [0.4, 0.5) is 0 Å². The van der Waals surface area contributed by atoms with Crippen molar-refractivity contribution in [3.05, 3.63) is 35.4 Å². The van der Waals surface area contributed by atoms with Crippen LogP contribution in [0.25, 0.3) is 0 Å². The summed E-state index contributed by atoms with van der Waals surface area (Å²) in [5.74, 6) is -1.81. The first-order valence-electron chi connectivity index (χ1n) is 5.55. The van der Waals surface area contributed by atoms with Crippen molar-refractivity contribution >= 4 is 11.9 Å². The van der Waals surface area contributed by atoms with Gasteiger partial charge in [-0.25, -0.2) is 4.79 Å². The summed E-state index contributed by atoms with van der Waals surface area (Å²) in [7, 11) is 0. The summed E-state index contributed by atoms with van der Waals surface area (Å²) >= 11 is 0. The van der Waals surface area contributed by atoms with Gasteiger partial charge >= 0.3 is 115 Å². The van der Waals surface area contributed by atoms with Crippen molar-refractivity contribution in [3.63, 3.8) is 0 Å². The quantitative estimate of drug-likeness (QED) is 0.280. The molecule has 0 aliphatic rings. The van der Waals surface area contributed by atoms with Gasteiger partial charge in [0, 0.05) is 19.6 Å².